The van der Waals surface area contributed by atoms with Gasteiger partial charge in [0, 0.05) is 12.6 Å². The fourth-order valence-corrected chi connectivity index (χ4v) is 3.27. The number of ether oxygens (including phenoxy) is 3. The lowest BCUT2D eigenvalue weighted by Crippen LogP contribution is -2.32. The zero-order valence-electron chi connectivity index (χ0n) is 14.3. The van der Waals surface area contributed by atoms with Crippen LogP contribution in [0.15, 0.2) is 12.1 Å². The maximum atomic E-state index is 5.41. The predicted molar refractivity (Wildman–Crippen MR) is 89.0 cm³/mol. The minimum absolute atomic E-state index is 0.627. The largest absolute Gasteiger partial charge is 0.493 e. The summed E-state index contributed by atoms with van der Waals surface area (Å²) in [5.74, 6) is 3.01. The van der Waals surface area contributed by atoms with Crippen molar-refractivity contribution in [3.8, 4) is 17.2 Å². The Morgan fingerprint density at radius 2 is 1.55 bits per heavy atom. The third-order valence-electron chi connectivity index (χ3n) is 4.74. The van der Waals surface area contributed by atoms with E-state index in [1.165, 1.54) is 32.1 Å². The molecule has 124 valence electrons. The molecule has 0 saturated heterocycles. The molecule has 0 atom stereocenters. The molecule has 0 unspecified atom stereocenters. The maximum absolute atomic E-state index is 5.41. The van der Waals surface area contributed by atoms with E-state index in [1.807, 2.05) is 12.1 Å². The zero-order chi connectivity index (χ0) is 15.9. The molecule has 0 aromatic heterocycles. The summed E-state index contributed by atoms with van der Waals surface area (Å²) in [6, 6.07) is 4.67. The number of rotatable bonds is 7. The molecule has 1 aromatic rings. The molecule has 1 fully saturated rings. The molecule has 1 saturated carbocycles. The molecule has 4 nitrogen and oxygen atoms in total. The van der Waals surface area contributed by atoms with Gasteiger partial charge in [-0.2, -0.15) is 0 Å². The lowest BCUT2D eigenvalue weighted by atomic mass is 9.84. The van der Waals surface area contributed by atoms with Gasteiger partial charge in [-0.15, -0.1) is 0 Å². The second kappa shape index (κ2) is 8.28. The number of hydrogen-bond acceptors (Lipinski definition) is 4. The van der Waals surface area contributed by atoms with Crippen LogP contribution < -0.4 is 19.5 Å². The van der Waals surface area contributed by atoms with Gasteiger partial charge in [0.25, 0.3) is 0 Å². The molecule has 1 N–H and O–H groups in total. The van der Waals surface area contributed by atoms with E-state index in [4.69, 9.17) is 14.2 Å². The van der Waals surface area contributed by atoms with Gasteiger partial charge in [-0.3, -0.25) is 0 Å². The summed E-state index contributed by atoms with van der Waals surface area (Å²) in [6.45, 7) is 3.13. The van der Waals surface area contributed by atoms with Gasteiger partial charge < -0.3 is 19.5 Å². The van der Waals surface area contributed by atoms with Crippen LogP contribution in [-0.4, -0.2) is 27.4 Å². The average molecular weight is 307 g/mol. The molecule has 2 rings (SSSR count). The van der Waals surface area contributed by atoms with Crippen molar-refractivity contribution in [2.45, 2.75) is 51.6 Å². The first-order valence-corrected chi connectivity index (χ1v) is 8.24. The minimum atomic E-state index is 0.627. The molecule has 1 aliphatic rings. The van der Waals surface area contributed by atoms with E-state index in [9.17, 15) is 0 Å². The van der Waals surface area contributed by atoms with Gasteiger partial charge in [-0.25, -0.2) is 0 Å². The number of methoxy groups -OCH3 is 3. The van der Waals surface area contributed by atoms with Crippen LogP contribution in [0.1, 0.15) is 44.6 Å². The second-order valence-electron chi connectivity index (χ2n) is 6.04. The SMILES string of the molecule is CCC1CCC(NCc2cc(OC)c(OC)c(OC)c2)CC1. The Balaban J connectivity index is 1.98. The van der Waals surface area contributed by atoms with Gasteiger partial charge in [0.05, 0.1) is 21.3 Å². The summed E-state index contributed by atoms with van der Waals surface area (Å²) in [6.07, 6.45) is 6.58. The highest BCUT2D eigenvalue weighted by Crippen LogP contribution is 2.38. The van der Waals surface area contributed by atoms with Crippen molar-refractivity contribution < 1.29 is 14.2 Å². The van der Waals surface area contributed by atoms with E-state index < -0.39 is 0 Å². The Morgan fingerprint density at radius 1 is 0.955 bits per heavy atom. The van der Waals surface area contributed by atoms with E-state index >= 15 is 0 Å². The van der Waals surface area contributed by atoms with Gasteiger partial charge in [0.15, 0.2) is 11.5 Å². The summed E-state index contributed by atoms with van der Waals surface area (Å²) in [7, 11) is 4.94. The van der Waals surface area contributed by atoms with E-state index in [-0.39, 0.29) is 0 Å². The fraction of sp³-hybridized carbons (Fsp3) is 0.667. The second-order valence-corrected chi connectivity index (χ2v) is 6.04. The Hall–Kier alpha value is -1.42. The van der Waals surface area contributed by atoms with Crippen LogP contribution in [0.4, 0.5) is 0 Å². The number of benzene rings is 1. The van der Waals surface area contributed by atoms with Crippen molar-refractivity contribution in [2.24, 2.45) is 5.92 Å². The van der Waals surface area contributed by atoms with Crippen LogP contribution in [0.25, 0.3) is 0 Å². The third kappa shape index (κ3) is 4.07. The van der Waals surface area contributed by atoms with Gasteiger partial charge in [0.2, 0.25) is 5.75 Å². The number of hydrogen-bond donors (Lipinski definition) is 1. The molecule has 0 heterocycles. The van der Waals surface area contributed by atoms with Gasteiger partial charge >= 0.3 is 0 Å². The van der Waals surface area contributed by atoms with Gasteiger partial charge in [-0.05, 0) is 49.3 Å². The van der Waals surface area contributed by atoms with Crippen molar-refractivity contribution in [1.29, 1.82) is 0 Å². The van der Waals surface area contributed by atoms with Crippen LogP contribution >= 0.6 is 0 Å². The molecule has 0 amide bonds. The van der Waals surface area contributed by atoms with Crippen LogP contribution in [0.5, 0.6) is 17.2 Å². The molecule has 0 radical (unpaired) electrons. The normalized spacial score (nSPS) is 21.5. The highest BCUT2D eigenvalue weighted by Gasteiger charge is 2.20. The molecule has 1 aromatic carbocycles. The van der Waals surface area contributed by atoms with Crippen LogP contribution in [-0.2, 0) is 6.54 Å². The Morgan fingerprint density at radius 3 is 2.00 bits per heavy atom. The Bertz CT molecular complexity index is 442. The fourth-order valence-electron chi connectivity index (χ4n) is 3.27. The van der Waals surface area contributed by atoms with Crippen molar-refractivity contribution in [2.75, 3.05) is 21.3 Å². The molecular weight excluding hydrogens is 278 g/mol. The minimum Gasteiger partial charge on any atom is -0.493 e. The zero-order valence-corrected chi connectivity index (χ0v) is 14.3. The highest BCUT2D eigenvalue weighted by atomic mass is 16.5. The first kappa shape index (κ1) is 16.9. The molecular formula is C18H29NO3. The molecule has 1 aliphatic carbocycles. The van der Waals surface area contributed by atoms with Crippen molar-refractivity contribution in [3.63, 3.8) is 0 Å². The standard InChI is InChI=1S/C18H29NO3/c1-5-13-6-8-15(9-7-13)19-12-14-10-16(20-2)18(22-4)17(11-14)21-3/h10-11,13,15,19H,5-9,12H2,1-4H3. The summed E-state index contributed by atoms with van der Waals surface area (Å²) >= 11 is 0. The van der Waals surface area contributed by atoms with Gasteiger partial charge in [0.1, 0.15) is 0 Å². The monoisotopic (exact) mass is 307 g/mol. The van der Waals surface area contributed by atoms with Crippen molar-refractivity contribution >= 4 is 0 Å². The first-order valence-electron chi connectivity index (χ1n) is 8.24. The van der Waals surface area contributed by atoms with Crippen LogP contribution in [0.2, 0.25) is 0 Å². The smallest absolute Gasteiger partial charge is 0.203 e. The van der Waals surface area contributed by atoms with E-state index in [0.717, 1.165) is 18.0 Å². The Kier molecular flexibility index (Phi) is 6.37. The molecule has 4 heteroatoms. The van der Waals surface area contributed by atoms with Crippen molar-refractivity contribution in [1.82, 2.24) is 5.32 Å². The molecule has 0 bridgehead atoms. The average Bonchev–Trinajstić information content (AvgIpc) is 2.59. The molecule has 0 spiro atoms. The molecule has 0 aliphatic heterocycles. The topological polar surface area (TPSA) is 39.7 Å². The van der Waals surface area contributed by atoms with E-state index in [1.54, 1.807) is 21.3 Å². The van der Waals surface area contributed by atoms with Crippen LogP contribution in [0, 0.1) is 5.92 Å². The van der Waals surface area contributed by atoms with E-state index in [2.05, 4.69) is 12.2 Å². The summed E-state index contributed by atoms with van der Waals surface area (Å²) in [4.78, 5) is 0. The van der Waals surface area contributed by atoms with Crippen LogP contribution in [0.3, 0.4) is 0 Å². The predicted octanol–water partition coefficient (Wildman–Crippen LogP) is 3.77. The summed E-state index contributed by atoms with van der Waals surface area (Å²) in [5, 5.41) is 3.67. The summed E-state index contributed by atoms with van der Waals surface area (Å²) < 4.78 is 16.2. The first-order chi connectivity index (χ1) is 10.7. The maximum Gasteiger partial charge on any atom is 0.203 e. The lowest BCUT2D eigenvalue weighted by Gasteiger charge is -2.28. The Labute approximate surface area is 134 Å². The van der Waals surface area contributed by atoms with Gasteiger partial charge in [-0.1, -0.05) is 13.3 Å². The molecule has 22 heavy (non-hydrogen) atoms. The number of nitrogens with one attached hydrogen (secondary N) is 1. The van der Waals surface area contributed by atoms with E-state index in [0.29, 0.717) is 23.3 Å². The quantitative estimate of drug-likeness (QED) is 0.832. The summed E-state index contributed by atoms with van der Waals surface area (Å²) in [5.41, 5.74) is 1.16. The third-order valence-corrected chi connectivity index (χ3v) is 4.74. The van der Waals surface area contributed by atoms with Crippen molar-refractivity contribution in [3.05, 3.63) is 17.7 Å². The highest BCUT2D eigenvalue weighted by molar-refractivity contribution is 5.53. The lowest BCUT2D eigenvalue weighted by molar-refractivity contribution is 0.284.